The average Bonchev–Trinajstić information content (AvgIpc) is 2.83. The Morgan fingerprint density at radius 2 is 2.17 bits per heavy atom. The molecular weight excluding hydrogens is 242 g/mol. The van der Waals surface area contributed by atoms with Crippen LogP contribution >= 0.6 is 0 Å². The summed E-state index contributed by atoms with van der Waals surface area (Å²) in [6, 6.07) is 2.60. The van der Waals surface area contributed by atoms with Crippen LogP contribution in [0, 0.1) is 10.1 Å². The molecule has 2 rings (SSSR count). The number of hydrogen-bond donors (Lipinski definition) is 4. The summed E-state index contributed by atoms with van der Waals surface area (Å²) in [7, 11) is 0. The number of H-pyrrole nitrogens is 1. The highest BCUT2D eigenvalue weighted by atomic mass is 16.6. The highest BCUT2D eigenvalue weighted by molar-refractivity contribution is 5.88. The summed E-state index contributed by atoms with van der Waals surface area (Å²) in [6.07, 6.45) is -1.49. The normalized spacial score (nSPS) is 14.6. The second-order valence-corrected chi connectivity index (χ2v) is 3.82. The molecule has 8 heteroatoms. The minimum atomic E-state index is -1.40. The number of aliphatic hydroxyl groups excluding tert-OH is 3. The first-order valence-corrected chi connectivity index (χ1v) is 5.13. The molecule has 0 saturated carbocycles. The third-order valence-corrected chi connectivity index (χ3v) is 2.65. The first-order chi connectivity index (χ1) is 8.54. The zero-order chi connectivity index (χ0) is 13.3. The van der Waals surface area contributed by atoms with E-state index in [0.717, 1.165) is 6.07 Å². The Morgan fingerprint density at radius 1 is 1.44 bits per heavy atom. The highest BCUT2D eigenvalue weighted by Crippen LogP contribution is 2.29. The highest BCUT2D eigenvalue weighted by Gasteiger charge is 2.22. The van der Waals surface area contributed by atoms with E-state index in [0.29, 0.717) is 10.9 Å². The molecule has 2 unspecified atom stereocenters. The zero-order valence-electron chi connectivity index (χ0n) is 9.15. The average molecular weight is 253 g/mol. The molecule has 0 radical (unpaired) electrons. The molecule has 2 aromatic rings. The fourth-order valence-corrected chi connectivity index (χ4v) is 1.70. The Labute approximate surface area is 101 Å². The van der Waals surface area contributed by atoms with Gasteiger partial charge in [-0.05, 0) is 11.6 Å². The second-order valence-electron chi connectivity index (χ2n) is 3.82. The lowest BCUT2D eigenvalue weighted by Crippen LogP contribution is -2.22. The van der Waals surface area contributed by atoms with Gasteiger partial charge in [-0.15, -0.1) is 0 Å². The van der Waals surface area contributed by atoms with Crippen molar-refractivity contribution in [1.82, 2.24) is 10.2 Å². The van der Waals surface area contributed by atoms with E-state index in [1.54, 1.807) is 0 Å². The molecule has 1 heterocycles. The van der Waals surface area contributed by atoms with Crippen LogP contribution in [0.4, 0.5) is 5.69 Å². The molecule has 0 aliphatic carbocycles. The van der Waals surface area contributed by atoms with Crippen molar-refractivity contribution in [3.8, 4) is 0 Å². The zero-order valence-corrected chi connectivity index (χ0v) is 9.15. The summed E-state index contributed by atoms with van der Waals surface area (Å²) >= 11 is 0. The number of aliphatic hydroxyl groups is 3. The van der Waals surface area contributed by atoms with Gasteiger partial charge in [0.1, 0.15) is 12.2 Å². The number of hydrogen-bond acceptors (Lipinski definition) is 6. The maximum atomic E-state index is 10.9. The number of nitrogens with zero attached hydrogens (tertiary/aromatic N) is 2. The maximum absolute atomic E-state index is 10.9. The molecule has 0 aliphatic rings. The molecule has 2 atom stereocenters. The molecule has 0 saturated heterocycles. The van der Waals surface area contributed by atoms with E-state index in [1.807, 2.05) is 0 Å². The van der Waals surface area contributed by atoms with E-state index in [-0.39, 0.29) is 11.3 Å². The number of nitro benzene ring substituents is 1. The first kappa shape index (κ1) is 12.4. The van der Waals surface area contributed by atoms with Crippen molar-refractivity contribution in [2.24, 2.45) is 0 Å². The summed E-state index contributed by atoms with van der Waals surface area (Å²) in [5.41, 5.74) is 0.295. The van der Waals surface area contributed by atoms with Gasteiger partial charge in [-0.1, -0.05) is 0 Å². The summed E-state index contributed by atoms with van der Waals surface area (Å²) in [5, 5.41) is 45.3. The van der Waals surface area contributed by atoms with E-state index in [4.69, 9.17) is 5.11 Å². The fraction of sp³-hybridized carbons (Fsp3) is 0.300. The Hall–Kier alpha value is -2.03. The molecule has 1 aromatic carbocycles. The molecule has 8 nitrogen and oxygen atoms in total. The van der Waals surface area contributed by atoms with E-state index >= 15 is 0 Å². The van der Waals surface area contributed by atoms with Crippen LogP contribution < -0.4 is 0 Å². The van der Waals surface area contributed by atoms with Crippen LogP contribution in [-0.4, -0.2) is 43.2 Å². The topological polar surface area (TPSA) is 133 Å². The minimum Gasteiger partial charge on any atom is -0.394 e. The number of benzene rings is 1. The van der Waals surface area contributed by atoms with Gasteiger partial charge >= 0.3 is 0 Å². The fourth-order valence-electron chi connectivity index (χ4n) is 1.70. The first-order valence-electron chi connectivity index (χ1n) is 5.13. The largest absolute Gasteiger partial charge is 0.394 e. The Balaban J connectivity index is 2.55. The van der Waals surface area contributed by atoms with E-state index < -0.39 is 23.7 Å². The number of nitro groups is 1. The smallest absolute Gasteiger partial charge is 0.280 e. The summed E-state index contributed by atoms with van der Waals surface area (Å²) in [6.45, 7) is -0.643. The Bertz CT molecular complexity index is 582. The molecule has 0 spiro atoms. The number of rotatable bonds is 4. The van der Waals surface area contributed by atoms with Gasteiger partial charge in [0.05, 0.1) is 28.6 Å². The summed E-state index contributed by atoms with van der Waals surface area (Å²) in [4.78, 5) is 10.3. The molecule has 0 bridgehead atoms. The van der Waals surface area contributed by atoms with Gasteiger partial charge in [0.25, 0.3) is 5.69 Å². The molecule has 18 heavy (non-hydrogen) atoms. The van der Waals surface area contributed by atoms with Gasteiger partial charge in [-0.2, -0.15) is 5.10 Å². The van der Waals surface area contributed by atoms with Crippen LogP contribution in [0.25, 0.3) is 10.9 Å². The second kappa shape index (κ2) is 4.69. The quantitative estimate of drug-likeness (QED) is 0.442. The van der Waals surface area contributed by atoms with Gasteiger partial charge in [-0.25, -0.2) is 0 Å². The molecule has 0 amide bonds. The number of nitrogens with one attached hydrogen (secondary N) is 1. The van der Waals surface area contributed by atoms with Gasteiger partial charge < -0.3 is 15.3 Å². The number of aromatic amines is 1. The molecule has 96 valence electrons. The van der Waals surface area contributed by atoms with Crippen LogP contribution in [0.1, 0.15) is 11.7 Å². The van der Waals surface area contributed by atoms with E-state index in [2.05, 4.69) is 10.2 Å². The lowest BCUT2D eigenvalue weighted by Gasteiger charge is -2.15. The van der Waals surface area contributed by atoms with Gasteiger partial charge in [0.2, 0.25) is 0 Å². The molecule has 0 aliphatic heterocycles. The van der Waals surface area contributed by atoms with Crippen LogP contribution in [0.2, 0.25) is 0 Å². The van der Waals surface area contributed by atoms with Crippen LogP contribution in [0.15, 0.2) is 18.3 Å². The maximum Gasteiger partial charge on any atom is 0.280 e. The van der Waals surface area contributed by atoms with Crippen molar-refractivity contribution in [3.63, 3.8) is 0 Å². The standard InChI is InChI=1S/C10H11N3O5/c14-4-9(15)10(16)5-1-7-6(3-11-12-7)8(2-5)13(17)18/h1-3,9-10,14-16H,4H2,(H,11,12). The van der Waals surface area contributed by atoms with Crippen molar-refractivity contribution >= 4 is 16.6 Å². The van der Waals surface area contributed by atoms with Gasteiger partial charge in [0.15, 0.2) is 0 Å². The molecule has 4 N–H and O–H groups in total. The third-order valence-electron chi connectivity index (χ3n) is 2.65. The molecule has 0 fully saturated rings. The minimum absolute atomic E-state index is 0.139. The predicted molar refractivity (Wildman–Crippen MR) is 60.8 cm³/mol. The number of aromatic nitrogens is 2. The van der Waals surface area contributed by atoms with E-state index in [9.17, 15) is 20.3 Å². The monoisotopic (exact) mass is 253 g/mol. The molecule has 1 aromatic heterocycles. The molecular formula is C10H11N3O5. The lowest BCUT2D eigenvalue weighted by molar-refractivity contribution is -0.383. The van der Waals surface area contributed by atoms with Crippen LogP contribution in [0.3, 0.4) is 0 Å². The van der Waals surface area contributed by atoms with Crippen LogP contribution in [-0.2, 0) is 0 Å². The van der Waals surface area contributed by atoms with Crippen molar-refractivity contribution < 1.29 is 20.2 Å². The number of non-ortho nitro benzene ring substituents is 1. The van der Waals surface area contributed by atoms with Crippen molar-refractivity contribution in [3.05, 3.63) is 34.0 Å². The Kier molecular flexibility index (Phi) is 3.24. The van der Waals surface area contributed by atoms with Gasteiger partial charge in [-0.3, -0.25) is 15.2 Å². The van der Waals surface area contributed by atoms with Crippen molar-refractivity contribution in [1.29, 1.82) is 0 Å². The Morgan fingerprint density at radius 3 is 2.78 bits per heavy atom. The predicted octanol–water partition coefficient (Wildman–Crippen LogP) is -0.142. The van der Waals surface area contributed by atoms with Crippen molar-refractivity contribution in [2.45, 2.75) is 12.2 Å². The van der Waals surface area contributed by atoms with E-state index in [1.165, 1.54) is 12.3 Å². The summed E-state index contributed by atoms with van der Waals surface area (Å²) < 4.78 is 0. The third kappa shape index (κ3) is 2.04. The van der Waals surface area contributed by atoms with Crippen molar-refractivity contribution in [2.75, 3.05) is 6.61 Å². The summed E-state index contributed by atoms with van der Waals surface area (Å²) in [5.74, 6) is 0. The van der Waals surface area contributed by atoms with Crippen LogP contribution in [0.5, 0.6) is 0 Å². The van der Waals surface area contributed by atoms with Gasteiger partial charge in [0, 0.05) is 6.07 Å². The number of fused-ring (bicyclic) bond motifs is 1. The SMILES string of the molecule is O=[N+]([O-])c1cc(C(O)C(O)CO)cc2[nH]ncc12. The lowest BCUT2D eigenvalue weighted by atomic mass is 10.0.